The molecule has 12 nitrogen and oxygen atoms in total. The summed E-state index contributed by atoms with van der Waals surface area (Å²) < 4.78 is 18.6. The Morgan fingerprint density at radius 1 is 1.40 bits per heavy atom. The summed E-state index contributed by atoms with van der Waals surface area (Å²) in [4.78, 5) is 45.9. The van der Waals surface area contributed by atoms with E-state index >= 15 is 0 Å². The molecule has 194 valence electrons. The number of H-pyrrole nitrogens is 1. The maximum atomic E-state index is 12.5. The number of nitrogen functional groups attached to an aromatic ring is 1. The van der Waals surface area contributed by atoms with Crippen molar-refractivity contribution in [3.63, 3.8) is 0 Å². The fraction of sp³-hybridized carbons (Fsp3) is 0.636. The molecule has 35 heavy (non-hydrogen) atoms. The number of nitrogens with one attached hydrogen (secondary N) is 2. The normalized spacial score (nSPS) is 24.2. The third-order valence-corrected chi connectivity index (χ3v) is 8.40. The van der Waals surface area contributed by atoms with Gasteiger partial charge in [-0.1, -0.05) is 0 Å². The molecule has 0 radical (unpaired) electrons. The number of carbonyl (C=O) groups excluding carboxylic acids is 1. The summed E-state index contributed by atoms with van der Waals surface area (Å²) in [7, 11) is -3.74. The average molecular weight is 511 g/mol. The van der Waals surface area contributed by atoms with Crippen LogP contribution in [0.4, 0.5) is 5.95 Å². The number of hydrogen-bond donors (Lipinski definition) is 4. The number of imidazole rings is 1. The molecule has 2 aromatic heterocycles. The predicted octanol–water partition coefficient (Wildman–Crippen LogP) is 2.12. The van der Waals surface area contributed by atoms with E-state index in [1.165, 1.54) is 6.33 Å². The molecule has 5 N–H and O–H groups in total. The van der Waals surface area contributed by atoms with Gasteiger partial charge < -0.3 is 0 Å². The Kier molecular flexibility index (Phi) is 7.58. The van der Waals surface area contributed by atoms with Crippen molar-refractivity contribution in [2.75, 3.05) is 25.6 Å². The molecule has 3 heterocycles. The number of carbonyl (C=O) groups is 1. The van der Waals surface area contributed by atoms with Gasteiger partial charge in [-0.2, -0.15) is 0 Å². The number of aromatic nitrogens is 4. The third-order valence-electron chi connectivity index (χ3n) is 6.53. The van der Waals surface area contributed by atoms with Gasteiger partial charge in [0.15, 0.2) is 0 Å². The minimum absolute atomic E-state index is 0.0125. The van der Waals surface area contributed by atoms with Crippen LogP contribution in [0.3, 0.4) is 0 Å². The van der Waals surface area contributed by atoms with Gasteiger partial charge in [-0.3, -0.25) is 0 Å². The summed E-state index contributed by atoms with van der Waals surface area (Å²) in [6.45, 7) is 6.73. The van der Waals surface area contributed by atoms with Crippen molar-refractivity contribution < 1.29 is 23.5 Å². The molecule has 13 heteroatoms. The van der Waals surface area contributed by atoms with Gasteiger partial charge in [0.05, 0.1) is 0 Å². The summed E-state index contributed by atoms with van der Waals surface area (Å²) in [5, 5.41) is 2.82. The topological polar surface area (TPSA) is 167 Å². The maximum absolute atomic E-state index is 12.5. The first-order chi connectivity index (χ1) is 16.7. The van der Waals surface area contributed by atoms with E-state index in [9.17, 15) is 14.5 Å². The molecule has 0 unspecified atom stereocenters. The molecule has 1 spiro atoms. The Balaban J connectivity index is 1.32. The monoisotopic (exact) mass is 510 g/mol. The molecule has 1 atom stereocenters. The van der Waals surface area contributed by atoms with Crippen LogP contribution in [0.1, 0.15) is 52.9 Å². The van der Waals surface area contributed by atoms with Crippen molar-refractivity contribution in [1.82, 2.24) is 24.6 Å². The number of fused-ring (bicyclic) bond motifs is 1. The van der Waals surface area contributed by atoms with Gasteiger partial charge in [-0.05, 0) is 0 Å². The number of hydrogen-bond acceptors (Lipinski definition) is 10. The van der Waals surface area contributed by atoms with Gasteiger partial charge in [0, 0.05) is 0 Å². The van der Waals surface area contributed by atoms with Crippen LogP contribution in [0.2, 0.25) is 0 Å². The van der Waals surface area contributed by atoms with Crippen LogP contribution in [-0.4, -0.2) is 56.2 Å². The molecule has 0 aromatic carbocycles. The molecule has 0 bridgehead atoms. The van der Waals surface area contributed by atoms with E-state index in [1.807, 2.05) is 6.20 Å². The Morgan fingerprint density at radius 2 is 2.09 bits per heavy atom. The molecule has 1 aliphatic heterocycles. The SMILES string of the molecule is CCCC(CCC)COC(=O)[C@H](C)N[PH]1(O)OCC2(CO1)C/C2=C/n1cnc2c(=O)[nH]c(N)nc21. The van der Waals surface area contributed by atoms with E-state index in [0.29, 0.717) is 24.6 Å². The van der Waals surface area contributed by atoms with Gasteiger partial charge in [0.1, 0.15) is 0 Å². The second-order valence-electron chi connectivity index (χ2n) is 9.49. The second-order valence-corrected chi connectivity index (χ2v) is 11.5. The Morgan fingerprint density at radius 3 is 2.74 bits per heavy atom. The van der Waals surface area contributed by atoms with Crippen molar-refractivity contribution in [2.45, 2.75) is 58.9 Å². The number of esters is 1. The van der Waals surface area contributed by atoms with Gasteiger partial charge in [-0.15, -0.1) is 0 Å². The fourth-order valence-corrected chi connectivity index (χ4v) is 6.28. The molecule has 2 aromatic rings. The minimum atomic E-state index is -3.74. The zero-order chi connectivity index (χ0) is 25.2. The van der Waals surface area contributed by atoms with E-state index in [0.717, 1.165) is 31.3 Å². The van der Waals surface area contributed by atoms with Crippen LogP contribution < -0.4 is 16.4 Å². The first-order valence-electron chi connectivity index (χ1n) is 12.1. The van der Waals surface area contributed by atoms with Crippen LogP contribution in [-0.2, 0) is 18.6 Å². The second kappa shape index (κ2) is 10.3. The van der Waals surface area contributed by atoms with Gasteiger partial charge in [0.25, 0.3) is 0 Å². The van der Waals surface area contributed by atoms with E-state index in [2.05, 4.69) is 33.9 Å². The molecule has 0 amide bonds. The molecule has 1 saturated heterocycles. The van der Waals surface area contributed by atoms with Gasteiger partial charge in [0.2, 0.25) is 0 Å². The zero-order valence-corrected chi connectivity index (χ0v) is 21.4. The van der Waals surface area contributed by atoms with Crippen LogP contribution >= 0.6 is 8.09 Å². The first kappa shape index (κ1) is 25.7. The van der Waals surface area contributed by atoms with Crippen LogP contribution in [0.25, 0.3) is 17.4 Å². The van der Waals surface area contributed by atoms with Crippen LogP contribution in [0.15, 0.2) is 16.7 Å². The van der Waals surface area contributed by atoms with E-state index in [4.69, 9.17) is 19.5 Å². The number of anilines is 1. The number of aromatic amines is 1. The van der Waals surface area contributed by atoms with Crippen LogP contribution in [0, 0.1) is 11.3 Å². The van der Waals surface area contributed by atoms with Gasteiger partial charge in [-0.25, -0.2) is 0 Å². The summed E-state index contributed by atoms with van der Waals surface area (Å²) in [5.74, 6) is -0.0730. The van der Waals surface area contributed by atoms with Crippen molar-refractivity contribution >= 4 is 37.4 Å². The Hall–Kier alpha value is -2.37. The zero-order valence-electron chi connectivity index (χ0n) is 20.4. The van der Waals surface area contributed by atoms with Crippen molar-refractivity contribution in [1.29, 1.82) is 0 Å². The van der Waals surface area contributed by atoms with Crippen molar-refractivity contribution in [3.8, 4) is 0 Å². The Bertz CT molecular complexity index is 1150. The van der Waals surface area contributed by atoms with Crippen LogP contribution in [0.5, 0.6) is 0 Å². The van der Waals surface area contributed by atoms with Crippen molar-refractivity contribution in [3.05, 3.63) is 22.3 Å². The molecule has 2 fully saturated rings. The first-order valence-corrected chi connectivity index (χ1v) is 13.8. The quantitative estimate of drug-likeness (QED) is 0.275. The standard InChI is InChI=1S/C22H35N6O6P/c1-4-6-15(7-5-2)10-32-20(30)14(3)27-35(31)33-11-22(12-34-35)8-16(22)9-28-13-24-17-18(28)25-21(23)26-19(17)29/h9,13-15,27,31,35H,4-8,10-12H2,1-3H3,(H3,23,25,26,29)/b16-9-/t14-/m0/s1. The summed E-state index contributed by atoms with van der Waals surface area (Å²) >= 11 is 0. The number of ether oxygens (including phenoxy) is 1. The molecule has 1 saturated carbocycles. The Labute approximate surface area is 203 Å². The average Bonchev–Trinajstić information content (AvgIpc) is 3.32. The van der Waals surface area contributed by atoms with Gasteiger partial charge >= 0.3 is 204 Å². The number of nitrogens with zero attached hydrogens (tertiary/aromatic N) is 3. The number of rotatable bonds is 10. The molecular formula is C22H35N6O6P. The predicted molar refractivity (Wildman–Crippen MR) is 133 cm³/mol. The summed E-state index contributed by atoms with van der Waals surface area (Å²) in [6, 6.07) is -0.759. The third kappa shape index (κ3) is 5.73. The summed E-state index contributed by atoms with van der Waals surface area (Å²) in [6.07, 6.45) is 8.15. The fourth-order valence-electron chi connectivity index (χ4n) is 4.42. The molecule has 4 rings (SSSR count). The molecule has 2 aliphatic rings. The van der Waals surface area contributed by atoms with E-state index < -0.39 is 25.7 Å². The van der Waals surface area contributed by atoms with E-state index in [1.54, 1.807) is 11.5 Å². The van der Waals surface area contributed by atoms with E-state index in [-0.39, 0.29) is 30.1 Å². The molecular weight excluding hydrogens is 475 g/mol. The van der Waals surface area contributed by atoms with Crippen molar-refractivity contribution in [2.24, 2.45) is 11.3 Å². The summed E-state index contributed by atoms with van der Waals surface area (Å²) in [5.41, 5.74) is 6.45. The number of nitrogens with two attached hydrogens (primary N) is 1. The molecule has 1 aliphatic carbocycles.